The van der Waals surface area contributed by atoms with Gasteiger partial charge in [0, 0.05) is 5.56 Å². The Labute approximate surface area is 120 Å². The van der Waals surface area contributed by atoms with Crippen LogP contribution in [0.4, 0.5) is 0 Å². The zero-order valence-corrected chi connectivity index (χ0v) is 10.9. The summed E-state index contributed by atoms with van der Waals surface area (Å²) in [7, 11) is 0. The molecule has 0 bridgehead atoms. The number of nitrogens with two attached hydrogens (primary N) is 1. The lowest BCUT2D eigenvalue weighted by Crippen LogP contribution is -2.13. The summed E-state index contributed by atoms with van der Waals surface area (Å²) in [4.78, 5) is 23.0. The lowest BCUT2D eigenvalue weighted by Gasteiger charge is -2.07. The molecule has 0 fully saturated rings. The van der Waals surface area contributed by atoms with Crippen LogP contribution in [0.2, 0.25) is 0 Å². The number of para-hydroxylation sites is 1. The highest BCUT2D eigenvalue weighted by Crippen LogP contribution is 2.19. The van der Waals surface area contributed by atoms with Crippen molar-refractivity contribution in [1.29, 1.82) is 5.41 Å². The van der Waals surface area contributed by atoms with Crippen LogP contribution in [-0.4, -0.2) is 22.9 Å². The average Bonchev–Trinajstić information content (AvgIpc) is 2.47. The fourth-order valence-corrected chi connectivity index (χ4v) is 1.68. The van der Waals surface area contributed by atoms with Crippen LogP contribution < -0.4 is 10.5 Å². The quantitative estimate of drug-likeness (QED) is 0.343. The molecule has 0 atom stereocenters. The number of nitrogens with one attached hydrogen (secondary N) is 1. The van der Waals surface area contributed by atoms with Crippen LogP contribution in [0, 0.1) is 5.41 Å². The SMILES string of the molecule is N=C(N)c1ccc(C(=O)Oc2ccccc2C(=O)O)cc1. The van der Waals surface area contributed by atoms with Crippen molar-refractivity contribution in [2.24, 2.45) is 5.73 Å². The van der Waals surface area contributed by atoms with Crippen molar-refractivity contribution in [2.45, 2.75) is 0 Å². The van der Waals surface area contributed by atoms with E-state index in [9.17, 15) is 9.59 Å². The van der Waals surface area contributed by atoms with Crippen molar-refractivity contribution in [3.8, 4) is 5.75 Å². The van der Waals surface area contributed by atoms with E-state index >= 15 is 0 Å². The zero-order valence-electron chi connectivity index (χ0n) is 10.9. The van der Waals surface area contributed by atoms with Crippen LogP contribution in [0.1, 0.15) is 26.3 Å². The summed E-state index contributed by atoms with van der Waals surface area (Å²) in [5.74, 6) is -1.99. The van der Waals surface area contributed by atoms with E-state index in [4.69, 9.17) is 21.0 Å². The molecule has 0 radical (unpaired) electrons. The van der Waals surface area contributed by atoms with Crippen molar-refractivity contribution < 1.29 is 19.4 Å². The Balaban J connectivity index is 2.22. The molecule has 21 heavy (non-hydrogen) atoms. The van der Waals surface area contributed by atoms with Crippen molar-refractivity contribution in [2.75, 3.05) is 0 Å². The van der Waals surface area contributed by atoms with Gasteiger partial charge >= 0.3 is 11.9 Å². The molecule has 0 unspecified atom stereocenters. The van der Waals surface area contributed by atoms with E-state index in [0.29, 0.717) is 5.56 Å². The smallest absolute Gasteiger partial charge is 0.343 e. The highest BCUT2D eigenvalue weighted by molar-refractivity contribution is 5.98. The third kappa shape index (κ3) is 3.24. The van der Waals surface area contributed by atoms with E-state index in [2.05, 4.69) is 0 Å². The Morgan fingerprint density at radius 1 is 1.00 bits per heavy atom. The minimum Gasteiger partial charge on any atom is -0.478 e. The number of amidine groups is 1. The van der Waals surface area contributed by atoms with Gasteiger partial charge in [0.25, 0.3) is 0 Å². The van der Waals surface area contributed by atoms with E-state index in [1.165, 1.54) is 36.4 Å². The number of rotatable bonds is 4. The fraction of sp³-hybridized carbons (Fsp3) is 0. The molecule has 0 aromatic heterocycles. The van der Waals surface area contributed by atoms with Gasteiger partial charge in [0.2, 0.25) is 0 Å². The maximum absolute atomic E-state index is 12.0. The van der Waals surface area contributed by atoms with E-state index in [-0.39, 0.29) is 22.7 Å². The van der Waals surface area contributed by atoms with Gasteiger partial charge in [-0.1, -0.05) is 24.3 Å². The van der Waals surface area contributed by atoms with Gasteiger partial charge in [-0.05, 0) is 24.3 Å². The van der Waals surface area contributed by atoms with Gasteiger partial charge in [-0.2, -0.15) is 0 Å². The predicted molar refractivity (Wildman–Crippen MR) is 75.8 cm³/mol. The molecule has 0 aliphatic heterocycles. The highest BCUT2D eigenvalue weighted by atomic mass is 16.5. The average molecular weight is 284 g/mol. The molecule has 0 spiro atoms. The molecule has 106 valence electrons. The number of carboxylic acid groups (broad SMARTS) is 1. The zero-order chi connectivity index (χ0) is 15.4. The summed E-state index contributed by atoms with van der Waals surface area (Å²) in [6, 6.07) is 11.8. The topological polar surface area (TPSA) is 113 Å². The van der Waals surface area contributed by atoms with Crippen molar-refractivity contribution in [3.63, 3.8) is 0 Å². The van der Waals surface area contributed by atoms with Gasteiger partial charge in [0.1, 0.15) is 17.1 Å². The standard InChI is InChI=1S/C15H12N2O4/c16-13(17)9-5-7-10(8-6-9)15(20)21-12-4-2-1-3-11(12)14(18)19/h1-8H,(H3,16,17)(H,18,19). The summed E-state index contributed by atoms with van der Waals surface area (Å²) in [6.07, 6.45) is 0. The van der Waals surface area contributed by atoms with Crippen LogP contribution in [-0.2, 0) is 0 Å². The minimum atomic E-state index is -1.18. The van der Waals surface area contributed by atoms with Crippen LogP contribution in [0.5, 0.6) is 5.75 Å². The molecule has 6 heteroatoms. The van der Waals surface area contributed by atoms with E-state index in [1.807, 2.05) is 0 Å². The molecule has 0 aliphatic carbocycles. The Bertz CT molecular complexity index is 708. The van der Waals surface area contributed by atoms with Gasteiger partial charge in [0.05, 0.1) is 5.56 Å². The second-order valence-corrected chi connectivity index (χ2v) is 4.18. The molecule has 2 rings (SSSR count). The predicted octanol–water partition coefficient (Wildman–Crippen LogP) is 1.89. The third-order valence-corrected chi connectivity index (χ3v) is 2.75. The number of carboxylic acids is 1. The summed E-state index contributed by atoms with van der Waals surface area (Å²) >= 11 is 0. The Morgan fingerprint density at radius 2 is 1.57 bits per heavy atom. The fourth-order valence-electron chi connectivity index (χ4n) is 1.68. The first-order valence-electron chi connectivity index (χ1n) is 5.98. The molecule has 2 aromatic rings. The maximum atomic E-state index is 12.0. The summed E-state index contributed by atoms with van der Waals surface area (Å²) in [6.45, 7) is 0. The van der Waals surface area contributed by atoms with Gasteiger partial charge in [-0.15, -0.1) is 0 Å². The summed E-state index contributed by atoms with van der Waals surface area (Å²) in [5.41, 5.74) is 5.95. The normalized spacial score (nSPS) is 9.90. The van der Waals surface area contributed by atoms with Crippen molar-refractivity contribution in [1.82, 2.24) is 0 Å². The monoisotopic (exact) mass is 284 g/mol. The van der Waals surface area contributed by atoms with Crippen LogP contribution in [0.15, 0.2) is 48.5 Å². The molecule has 0 amide bonds. The third-order valence-electron chi connectivity index (χ3n) is 2.75. The number of carbonyl (C=O) groups is 2. The Hall–Kier alpha value is -3.15. The molecule has 6 nitrogen and oxygen atoms in total. The molecule has 0 aliphatic rings. The van der Waals surface area contributed by atoms with Crippen LogP contribution in [0.3, 0.4) is 0 Å². The number of benzene rings is 2. The molecule has 0 heterocycles. The van der Waals surface area contributed by atoms with E-state index < -0.39 is 11.9 Å². The lowest BCUT2D eigenvalue weighted by molar-refractivity contribution is 0.0681. The molecule has 4 N–H and O–H groups in total. The number of nitrogen functional groups attached to an aromatic ring is 1. The first-order chi connectivity index (χ1) is 9.99. The number of esters is 1. The van der Waals surface area contributed by atoms with E-state index in [1.54, 1.807) is 12.1 Å². The van der Waals surface area contributed by atoms with Crippen LogP contribution >= 0.6 is 0 Å². The first kappa shape index (κ1) is 14.3. The minimum absolute atomic E-state index is 0.0226. The molecule has 2 aromatic carbocycles. The molecular weight excluding hydrogens is 272 g/mol. The van der Waals surface area contributed by atoms with E-state index in [0.717, 1.165) is 0 Å². The van der Waals surface area contributed by atoms with Crippen molar-refractivity contribution >= 4 is 17.8 Å². The van der Waals surface area contributed by atoms with Crippen molar-refractivity contribution in [3.05, 3.63) is 65.2 Å². The number of ether oxygens (including phenoxy) is 1. The second kappa shape index (κ2) is 5.87. The first-order valence-corrected chi connectivity index (χ1v) is 5.98. The number of carbonyl (C=O) groups excluding carboxylic acids is 1. The Morgan fingerprint density at radius 3 is 2.14 bits per heavy atom. The summed E-state index contributed by atoms with van der Waals surface area (Å²) < 4.78 is 5.09. The van der Waals surface area contributed by atoms with Gasteiger partial charge in [0.15, 0.2) is 0 Å². The lowest BCUT2D eigenvalue weighted by atomic mass is 10.1. The van der Waals surface area contributed by atoms with Gasteiger partial charge < -0.3 is 15.6 Å². The number of hydrogen-bond acceptors (Lipinski definition) is 4. The van der Waals surface area contributed by atoms with Gasteiger partial charge in [-0.3, -0.25) is 5.41 Å². The van der Waals surface area contributed by atoms with Crippen LogP contribution in [0.25, 0.3) is 0 Å². The highest BCUT2D eigenvalue weighted by Gasteiger charge is 2.15. The second-order valence-electron chi connectivity index (χ2n) is 4.18. The summed E-state index contributed by atoms with van der Waals surface area (Å²) in [5, 5.41) is 16.3. The van der Waals surface area contributed by atoms with Gasteiger partial charge in [-0.25, -0.2) is 9.59 Å². The largest absolute Gasteiger partial charge is 0.478 e. The Kier molecular flexibility index (Phi) is 3.99. The number of hydrogen-bond donors (Lipinski definition) is 3. The molecule has 0 saturated carbocycles. The number of aromatic carboxylic acids is 1. The molecular formula is C15H12N2O4. The molecule has 0 saturated heterocycles. The maximum Gasteiger partial charge on any atom is 0.343 e.